The molecule has 2 fully saturated rings. The van der Waals surface area contributed by atoms with Crippen LogP contribution in [0.1, 0.15) is 34.9 Å². The van der Waals surface area contributed by atoms with E-state index in [-0.39, 0.29) is 30.3 Å². The van der Waals surface area contributed by atoms with E-state index in [1.54, 1.807) is 11.3 Å². The number of carbonyl (C=O) groups is 2. The fourth-order valence-corrected chi connectivity index (χ4v) is 4.35. The van der Waals surface area contributed by atoms with E-state index in [1.165, 1.54) is 9.75 Å². The van der Waals surface area contributed by atoms with Crippen molar-refractivity contribution >= 4 is 23.2 Å². The quantitative estimate of drug-likeness (QED) is 0.856. The van der Waals surface area contributed by atoms with E-state index < -0.39 is 0 Å². The number of nitrogens with two attached hydrogens (primary N) is 1. The lowest BCUT2D eigenvalue weighted by Crippen LogP contribution is -2.50. The molecule has 1 saturated heterocycles. The molecule has 2 amide bonds. The number of likely N-dealkylation sites (tertiary alicyclic amines) is 1. The van der Waals surface area contributed by atoms with Gasteiger partial charge in [0.15, 0.2) is 0 Å². The third-order valence-electron chi connectivity index (χ3n) is 4.49. The molecule has 6 heteroatoms. The minimum atomic E-state index is -0.303. The molecule has 0 radical (unpaired) electrons. The van der Waals surface area contributed by atoms with Crippen molar-refractivity contribution in [3.05, 3.63) is 21.9 Å². The van der Waals surface area contributed by atoms with Crippen LogP contribution in [0.15, 0.2) is 12.1 Å². The molecule has 120 valence electrons. The Hall–Kier alpha value is -1.40. The number of piperidine rings is 1. The summed E-state index contributed by atoms with van der Waals surface area (Å²) in [5, 5.41) is 3.16. The Morgan fingerprint density at radius 2 is 2.27 bits per heavy atom. The standard InChI is InChI=1S/C16H23N3O2S/c1-10-4-5-14(22-10)12-7-13(12)16(21)18-11-3-2-6-19(8-11)9-15(17)20/h4-5,11-13H,2-3,6-9H2,1H3,(H2,17,20)(H,18,21)/t11-,12-,13-/m1/s1. The van der Waals surface area contributed by atoms with Crippen LogP contribution in [-0.2, 0) is 9.59 Å². The van der Waals surface area contributed by atoms with Gasteiger partial charge >= 0.3 is 0 Å². The second kappa shape index (κ2) is 6.38. The van der Waals surface area contributed by atoms with Crippen LogP contribution in [0, 0.1) is 12.8 Å². The summed E-state index contributed by atoms with van der Waals surface area (Å²) in [6, 6.07) is 4.41. The SMILES string of the molecule is Cc1ccc([C@@H]2C[C@H]2C(=O)N[C@@H]2CCCN(CC(N)=O)C2)s1. The molecule has 5 nitrogen and oxygen atoms in total. The summed E-state index contributed by atoms with van der Waals surface area (Å²) >= 11 is 1.79. The Morgan fingerprint density at radius 3 is 2.95 bits per heavy atom. The summed E-state index contributed by atoms with van der Waals surface area (Å²) in [4.78, 5) is 28.1. The molecule has 1 aliphatic carbocycles. The molecule has 3 N–H and O–H groups in total. The number of hydrogen-bond acceptors (Lipinski definition) is 4. The van der Waals surface area contributed by atoms with Gasteiger partial charge in [0.1, 0.15) is 0 Å². The Bertz CT molecular complexity index is 571. The van der Waals surface area contributed by atoms with Gasteiger partial charge in [-0.15, -0.1) is 11.3 Å². The predicted octanol–water partition coefficient (Wildman–Crippen LogP) is 1.23. The maximum Gasteiger partial charge on any atom is 0.231 e. The lowest BCUT2D eigenvalue weighted by atomic mass is 10.1. The second-order valence-corrected chi connectivity index (χ2v) is 7.77. The minimum Gasteiger partial charge on any atom is -0.369 e. The Morgan fingerprint density at radius 1 is 1.45 bits per heavy atom. The topological polar surface area (TPSA) is 75.4 Å². The van der Waals surface area contributed by atoms with Gasteiger partial charge in [-0.25, -0.2) is 0 Å². The first-order chi connectivity index (χ1) is 10.5. The third kappa shape index (κ3) is 3.67. The van der Waals surface area contributed by atoms with Gasteiger partial charge in [0, 0.05) is 34.2 Å². The first-order valence-corrected chi connectivity index (χ1v) is 8.72. The van der Waals surface area contributed by atoms with Crippen LogP contribution in [0.2, 0.25) is 0 Å². The summed E-state index contributed by atoms with van der Waals surface area (Å²) in [5.41, 5.74) is 5.25. The van der Waals surface area contributed by atoms with Gasteiger partial charge in [-0.3, -0.25) is 14.5 Å². The van der Waals surface area contributed by atoms with Gasteiger partial charge in [0.2, 0.25) is 11.8 Å². The molecule has 0 bridgehead atoms. The van der Waals surface area contributed by atoms with Crippen molar-refractivity contribution in [3.8, 4) is 0 Å². The molecule has 1 aromatic heterocycles. The Balaban J connectivity index is 1.49. The van der Waals surface area contributed by atoms with Gasteiger partial charge in [-0.1, -0.05) is 0 Å². The molecular formula is C16H23N3O2S. The third-order valence-corrected chi connectivity index (χ3v) is 5.62. The van der Waals surface area contributed by atoms with E-state index in [9.17, 15) is 9.59 Å². The van der Waals surface area contributed by atoms with Gasteiger partial charge in [-0.2, -0.15) is 0 Å². The first-order valence-electron chi connectivity index (χ1n) is 7.90. The molecule has 0 aromatic carbocycles. The van der Waals surface area contributed by atoms with Crippen LogP contribution < -0.4 is 11.1 Å². The van der Waals surface area contributed by atoms with E-state index in [1.807, 2.05) is 4.90 Å². The average Bonchev–Trinajstić information content (AvgIpc) is 3.14. The van der Waals surface area contributed by atoms with Crippen LogP contribution >= 0.6 is 11.3 Å². The number of thiophene rings is 1. The molecular weight excluding hydrogens is 298 g/mol. The number of nitrogens with zero attached hydrogens (tertiary/aromatic N) is 1. The minimum absolute atomic E-state index is 0.129. The van der Waals surface area contributed by atoms with Crippen molar-refractivity contribution in [3.63, 3.8) is 0 Å². The fourth-order valence-electron chi connectivity index (χ4n) is 3.30. The predicted molar refractivity (Wildman–Crippen MR) is 86.7 cm³/mol. The highest BCUT2D eigenvalue weighted by atomic mass is 32.1. The van der Waals surface area contributed by atoms with Crippen LogP contribution in [0.3, 0.4) is 0 Å². The zero-order valence-electron chi connectivity index (χ0n) is 12.9. The van der Waals surface area contributed by atoms with Crippen LogP contribution in [0.4, 0.5) is 0 Å². The monoisotopic (exact) mass is 321 g/mol. The molecule has 0 spiro atoms. The molecule has 3 rings (SSSR count). The van der Waals surface area contributed by atoms with Crippen molar-refractivity contribution in [2.45, 2.75) is 38.1 Å². The van der Waals surface area contributed by atoms with Crippen LogP contribution in [-0.4, -0.2) is 42.4 Å². The van der Waals surface area contributed by atoms with E-state index in [0.29, 0.717) is 5.92 Å². The van der Waals surface area contributed by atoms with Crippen molar-refractivity contribution in [2.75, 3.05) is 19.6 Å². The smallest absolute Gasteiger partial charge is 0.231 e. The van der Waals surface area contributed by atoms with E-state index in [4.69, 9.17) is 5.73 Å². The number of carbonyl (C=O) groups excluding carboxylic acids is 2. The normalized spacial score (nSPS) is 28.3. The maximum atomic E-state index is 12.4. The number of nitrogens with one attached hydrogen (secondary N) is 1. The molecule has 2 aliphatic rings. The number of rotatable bonds is 5. The summed E-state index contributed by atoms with van der Waals surface area (Å²) in [5.74, 6) is 0.401. The van der Waals surface area contributed by atoms with Gasteiger partial charge < -0.3 is 11.1 Å². The average molecular weight is 321 g/mol. The lowest BCUT2D eigenvalue weighted by molar-refractivity contribution is -0.123. The van der Waals surface area contributed by atoms with Gasteiger partial charge in [-0.05, 0) is 44.9 Å². The summed E-state index contributed by atoms with van der Waals surface area (Å²) < 4.78 is 0. The Kier molecular flexibility index (Phi) is 4.49. The zero-order chi connectivity index (χ0) is 15.7. The van der Waals surface area contributed by atoms with Crippen molar-refractivity contribution in [1.29, 1.82) is 0 Å². The second-order valence-electron chi connectivity index (χ2n) is 6.45. The zero-order valence-corrected chi connectivity index (χ0v) is 13.7. The van der Waals surface area contributed by atoms with Crippen LogP contribution in [0.5, 0.6) is 0 Å². The van der Waals surface area contributed by atoms with Crippen molar-refractivity contribution < 1.29 is 9.59 Å². The van der Waals surface area contributed by atoms with E-state index in [0.717, 1.165) is 32.4 Å². The fraction of sp³-hybridized carbons (Fsp3) is 0.625. The number of amides is 2. The van der Waals surface area contributed by atoms with Gasteiger partial charge in [0.25, 0.3) is 0 Å². The maximum absolute atomic E-state index is 12.4. The largest absolute Gasteiger partial charge is 0.369 e. The van der Waals surface area contributed by atoms with Crippen molar-refractivity contribution in [2.24, 2.45) is 11.7 Å². The highest BCUT2D eigenvalue weighted by Gasteiger charge is 2.45. The number of hydrogen-bond donors (Lipinski definition) is 2. The summed E-state index contributed by atoms with van der Waals surface area (Å²) in [6.45, 7) is 3.99. The highest BCUT2D eigenvalue weighted by Crippen LogP contribution is 2.49. The Labute approximate surface area is 134 Å². The number of aryl methyl sites for hydroxylation is 1. The van der Waals surface area contributed by atoms with E-state index in [2.05, 4.69) is 24.4 Å². The molecule has 2 heterocycles. The molecule has 22 heavy (non-hydrogen) atoms. The van der Waals surface area contributed by atoms with Crippen LogP contribution in [0.25, 0.3) is 0 Å². The molecule has 1 aliphatic heterocycles. The molecule has 3 atom stereocenters. The summed E-state index contributed by atoms with van der Waals surface area (Å²) in [7, 11) is 0. The summed E-state index contributed by atoms with van der Waals surface area (Å²) in [6.07, 6.45) is 2.94. The molecule has 1 aromatic rings. The molecule has 1 saturated carbocycles. The lowest BCUT2D eigenvalue weighted by Gasteiger charge is -2.32. The molecule has 0 unspecified atom stereocenters. The number of primary amides is 1. The van der Waals surface area contributed by atoms with E-state index >= 15 is 0 Å². The first kappa shape index (κ1) is 15.5. The highest BCUT2D eigenvalue weighted by molar-refractivity contribution is 7.12. The van der Waals surface area contributed by atoms with Crippen molar-refractivity contribution in [1.82, 2.24) is 10.2 Å². The van der Waals surface area contributed by atoms with Gasteiger partial charge in [0.05, 0.1) is 6.54 Å².